The minimum atomic E-state index is -4.51. The molecule has 0 aliphatic rings. The first-order valence-electron chi connectivity index (χ1n) is 7.23. The molecule has 0 amide bonds. The van der Waals surface area contributed by atoms with Crippen molar-refractivity contribution >= 4 is 0 Å². The van der Waals surface area contributed by atoms with Crippen LogP contribution in [0.2, 0.25) is 0 Å². The second-order valence-electron chi connectivity index (χ2n) is 5.02. The third-order valence-electron chi connectivity index (χ3n) is 3.36. The molecule has 0 fully saturated rings. The highest BCUT2D eigenvalue weighted by Crippen LogP contribution is 2.36. The van der Waals surface area contributed by atoms with Gasteiger partial charge in [-0.2, -0.15) is 18.2 Å². The average Bonchev–Trinajstić information content (AvgIpc) is 3.08. The number of hydrogen-bond acceptors (Lipinski definition) is 5. The van der Waals surface area contributed by atoms with Crippen LogP contribution in [0.15, 0.2) is 53.1 Å². The highest BCUT2D eigenvalue weighted by Gasteiger charge is 2.34. The van der Waals surface area contributed by atoms with Crippen molar-refractivity contribution in [2.24, 2.45) is 0 Å². The van der Waals surface area contributed by atoms with E-state index in [9.17, 15) is 13.2 Å². The van der Waals surface area contributed by atoms with E-state index in [1.165, 1.54) is 18.2 Å². The lowest BCUT2D eigenvalue weighted by atomic mass is 10.1. The number of hydrogen-bond donors (Lipinski definition) is 0. The third-order valence-corrected chi connectivity index (χ3v) is 3.36. The molecule has 25 heavy (non-hydrogen) atoms. The molecule has 0 saturated heterocycles. The number of ether oxygens (including phenoxy) is 2. The van der Waals surface area contributed by atoms with Crippen molar-refractivity contribution in [1.82, 2.24) is 10.1 Å². The SMILES string of the molecule is COc1ccc(OCc2noc(-c3ccccc3C(F)(F)F)n2)cc1. The van der Waals surface area contributed by atoms with E-state index in [0.29, 0.717) is 11.5 Å². The van der Waals surface area contributed by atoms with E-state index >= 15 is 0 Å². The van der Waals surface area contributed by atoms with Gasteiger partial charge in [-0.05, 0) is 36.4 Å². The molecule has 0 unspecified atom stereocenters. The van der Waals surface area contributed by atoms with E-state index in [0.717, 1.165) is 6.07 Å². The van der Waals surface area contributed by atoms with Crippen LogP contribution in [0.3, 0.4) is 0 Å². The lowest BCUT2D eigenvalue weighted by Crippen LogP contribution is -2.07. The normalized spacial score (nSPS) is 11.4. The zero-order valence-corrected chi connectivity index (χ0v) is 13.1. The fraction of sp³-hybridized carbons (Fsp3) is 0.176. The van der Waals surface area contributed by atoms with Crippen molar-refractivity contribution in [3.63, 3.8) is 0 Å². The van der Waals surface area contributed by atoms with Gasteiger partial charge in [-0.25, -0.2) is 0 Å². The van der Waals surface area contributed by atoms with Crippen molar-refractivity contribution in [3.8, 4) is 23.0 Å². The fourth-order valence-corrected chi connectivity index (χ4v) is 2.16. The summed E-state index contributed by atoms with van der Waals surface area (Å²) in [5, 5.41) is 3.66. The van der Waals surface area contributed by atoms with E-state index in [2.05, 4.69) is 10.1 Å². The first-order valence-corrected chi connectivity index (χ1v) is 7.23. The van der Waals surface area contributed by atoms with Gasteiger partial charge in [0.25, 0.3) is 5.89 Å². The van der Waals surface area contributed by atoms with Gasteiger partial charge in [0.05, 0.1) is 18.2 Å². The van der Waals surface area contributed by atoms with Gasteiger partial charge >= 0.3 is 6.18 Å². The molecule has 8 heteroatoms. The minimum absolute atomic E-state index is 0.0377. The van der Waals surface area contributed by atoms with E-state index in [1.54, 1.807) is 31.4 Å². The summed E-state index contributed by atoms with van der Waals surface area (Å²) in [7, 11) is 1.55. The second-order valence-corrected chi connectivity index (χ2v) is 5.02. The van der Waals surface area contributed by atoms with E-state index < -0.39 is 11.7 Å². The maximum Gasteiger partial charge on any atom is 0.417 e. The van der Waals surface area contributed by atoms with Crippen molar-refractivity contribution in [1.29, 1.82) is 0 Å². The van der Waals surface area contributed by atoms with Crippen molar-refractivity contribution in [3.05, 3.63) is 59.9 Å². The summed E-state index contributed by atoms with van der Waals surface area (Å²) in [5.41, 5.74) is -1.00. The molecule has 0 aliphatic carbocycles. The van der Waals surface area contributed by atoms with Gasteiger partial charge in [0.15, 0.2) is 6.61 Å². The van der Waals surface area contributed by atoms with Gasteiger partial charge in [0.1, 0.15) is 11.5 Å². The Kier molecular flexibility index (Phi) is 4.60. The van der Waals surface area contributed by atoms with E-state index in [1.807, 2.05) is 0 Å². The summed E-state index contributed by atoms with van der Waals surface area (Å²) in [5.74, 6) is 1.16. The monoisotopic (exact) mass is 350 g/mol. The summed E-state index contributed by atoms with van der Waals surface area (Å²) in [6.07, 6.45) is -4.51. The Morgan fingerprint density at radius 3 is 2.36 bits per heavy atom. The number of aromatic nitrogens is 2. The lowest BCUT2D eigenvalue weighted by molar-refractivity contribution is -0.137. The first-order chi connectivity index (χ1) is 12.0. The summed E-state index contributed by atoms with van der Waals surface area (Å²) < 4.78 is 54.6. The molecule has 130 valence electrons. The fourth-order valence-electron chi connectivity index (χ4n) is 2.16. The Morgan fingerprint density at radius 1 is 1.00 bits per heavy atom. The summed E-state index contributed by atoms with van der Waals surface area (Å²) in [4.78, 5) is 3.98. The van der Waals surface area contributed by atoms with Crippen molar-refractivity contribution in [2.75, 3.05) is 7.11 Å². The Labute approximate surface area is 141 Å². The molecule has 3 rings (SSSR count). The number of rotatable bonds is 5. The second kappa shape index (κ2) is 6.84. The molecule has 0 atom stereocenters. The number of alkyl halides is 3. The predicted octanol–water partition coefficient (Wildman–Crippen LogP) is 4.34. The smallest absolute Gasteiger partial charge is 0.417 e. The molecule has 0 spiro atoms. The quantitative estimate of drug-likeness (QED) is 0.685. The standard InChI is InChI=1S/C17H13F3N2O3/c1-23-11-6-8-12(9-7-11)24-10-15-21-16(25-22-15)13-4-2-3-5-14(13)17(18,19)20/h2-9H,10H2,1H3. The molecule has 1 aromatic heterocycles. The van der Waals surface area contributed by atoms with Crippen LogP contribution < -0.4 is 9.47 Å². The van der Waals surface area contributed by atoms with Gasteiger partial charge in [-0.3, -0.25) is 0 Å². The zero-order valence-electron chi connectivity index (χ0n) is 13.1. The molecule has 0 radical (unpaired) electrons. The van der Waals surface area contributed by atoms with Crippen molar-refractivity contribution < 1.29 is 27.2 Å². The van der Waals surface area contributed by atoms with E-state index in [-0.39, 0.29) is 23.9 Å². The maximum absolute atomic E-state index is 13.0. The Morgan fingerprint density at radius 2 is 1.68 bits per heavy atom. The molecule has 1 heterocycles. The lowest BCUT2D eigenvalue weighted by Gasteiger charge is -2.09. The number of halogens is 3. The molecular formula is C17H13F3N2O3. The number of nitrogens with zero attached hydrogens (tertiary/aromatic N) is 2. The third kappa shape index (κ3) is 3.90. The summed E-state index contributed by atoms with van der Waals surface area (Å²) in [6, 6.07) is 11.8. The highest BCUT2D eigenvalue weighted by molar-refractivity contribution is 5.59. The van der Waals surface area contributed by atoms with Crippen molar-refractivity contribution in [2.45, 2.75) is 12.8 Å². The molecule has 0 saturated carbocycles. The number of methoxy groups -OCH3 is 1. The van der Waals surface area contributed by atoms with Crippen LogP contribution in [-0.4, -0.2) is 17.3 Å². The molecule has 3 aromatic rings. The zero-order chi connectivity index (χ0) is 17.9. The number of benzene rings is 2. The molecular weight excluding hydrogens is 337 g/mol. The van der Waals surface area contributed by atoms with E-state index in [4.69, 9.17) is 14.0 Å². The molecule has 0 aliphatic heterocycles. The topological polar surface area (TPSA) is 57.4 Å². The Balaban J connectivity index is 1.75. The van der Waals surface area contributed by atoms with Crippen LogP contribution in [-0.2, 0) is 12.8 Å². The summed E-state index contributed by atoms with van der Waals surface area (Å²) >= 11 is 0. The van der Waals surface area contributed by atoms with Crippen LogP contribution in [0.5, 0.6) is 11.5 Å². The van der Waals surface area contributed by atoms with Crippen LogP contribution in [0.4, 0.5) is 13.2 Å². The van der Waals surface area contributed by atoms with Crippen LogP contribution in [0.25, 0.3) is 11.5 Å². The predicted molar refractivity (Wildman–Crippen MR) is 82.1 cm³/mol. The van der Waals surface area contributed by atoms with Gasteiger partial charge in [0, 0.05) is 0 Å². The van der Waals surface area contributed by atoms with Gasteiger partial charge < -0.3 is 14.0 Å². The average molecular weight is 350 g/mol. The first kappa shape index (κ1) is 16.8. The molecule has 0 bridgehead atoms. The van der Waals surface area contributed by atoms with Gasteiger partial charge in [-0.15, -0.1) is 0 Å². The molecule has 5 nitrogen and oxygen atoms in total. The Bertz CT molecular complexity index is 845. The Hall–Kier alpha value is -3.03. The largest absolute Gasteiger partial charge is 0.497 e. The minimum Gasteiger partial charge on any atom is -0.497 e. The van der Waals surface area contributed by atoms with Crippen LogP contribution in [0.1, 0.15) is 11.4 Å². The van der Waals surface area contributed by atoms with Gasteiger partial charge in [0.2, 0.25) is 5.82 Å². The van der Waals surface area contributed by atoms with Gasteiger partial charge in [-0.1, -0.05) is 17.3 Å². The van der Waals surface area contributed by atoms with Crippen LogP contribution in [0, 0.1) is 0 Å². The summed E-state index contributed by atoms with van der Waals surface area (Å²) in [6.45, 7) is -0.0377. The molecule has 2 aromatic carbocycles. The maximum atomic E-state index is 13.0. The van der Waals surface area contributed by atoms with Crippen LogP contribution >= 0.6 is 0 Å². The molecule has 0 N–H and O–H groups in total. The highest BCUT2D eigenvalue weighted by atomic mass is 19.4.